The van der Waals surface area contributed by atoms with Crippen molar-refractivity contribution in [2.45, 2.75) is 25.3 Å². The molecule has 0 heterocycles. The van der Waals surface area contributed by atoms with E-state index in [1.54, 1.807) is 7.05 Å². The Morgan fingerprint density at radius 2 is 1.65 bits per heavy atom. The molecule has 1 rings (SSSR count). The van der Waals surface area contributed by atoms with Crippen molar-refractivity contribution in [3.8, 4) is 0 Å². The summed E-state index contributed by atoms with van der Waals surface area (Å²) < 4.78 is 73.7. The first-order chi connectivity index (χ1) is 10.5. The molecule has 1 aromatic carbocycles. The third-order valence-corrected chi connectivity index (χ3v) is 2.97. The largest absolute Gasteiger partial charge is 0.416 e. The Bertz CT molecular complexity index is 519. The zero-order valence-electron chi connectivity index (χ0n) is 12.6. The number of guanidine groups is 1. The summed E-state index contributed by atoms with van der Waals surface area (Å²) in [6.45, 7) is -0.114. The van der Waals surface area contributed by atoms with E-state index in [-0.39, 0.29) is 19.0 Å². The van der Waals surface area contributed by atoms with Crippen LogP contribution in [0.25, 0.3) is 0 Å². The maximum absolute atomic E-state index is 12.5. The fourth-order valence-electron chi connectivity index (χ4n) is 1.85. The number of nitrogens with zero attached hydrogens (tertiary/aromatic N) is 2. The molecule has 23 heavy (non-hydrogen) atoms. The van der Waals surface area contributed by atoms with Crippen molar-refractivity contribution in [1.29, 1.82) is 0 Å². The second-order valence-corrected chi connectivity index (χ2v) is 4.89. The predicted octanol–water partition coefficient (Wildman–Crippen LogP) is 3.67. The van der Waals surface area contributed by atoms with Crippen LogP contribution in [-0.4, -0.2) is 37.7 Å². The lowest BCUT2D eigenvalue weighted by Crippen LogP contribution is -2.39. The summed E-state index contributed by atoms with van der Waals surface area (Å²) in [5.41, 5.74) is -0.171. The van der Waals surface area contributed by atoms with E-state index in [9.17, 15) is 26.3 Å². The summed E-state index contributed by atoms with van der Waals surface area (Å²) in [5, 5.41) is 2.56. The summed E-state index contributed by atoms with van der Waals surface area (Å²) in [7, 11) is 3.00. The van der Waals surface area contributed by atoms with Crippen molar-refractivity contribution >= 4 is 5.96 Å². The smallest absolute Gasteiger partial charge is 0.356 e. The Morgan fingerprint density at radius 3 is 2.09 bits per heavy atom. The van der Waals surface area contributed by atoms with Gasteiger partial charge in [0.05, 0.1) is 12.0 Å². The van der Waals surface area contributed by atoms with Crippen LogP contribution in [0.3, 0.4) is 0 Å². The van der Waals surface area contributed by atoms with Crippen molar-refractivity contribution in [2.75, 3.05) is 20.6 Å². The Kier molecular flexibility index (Phi) is 6.28. The molecule has 1 aromatic rings. The molecule has 0 amide bonds. The highest BCUT2D eigenvalue weighted by atomic mass is 19.4. The Morgan fingerprint density at radius 1 is 1.09 bits per heavy atom. The molecular formula is C14H17F6N3. The van der Waals surface area contributed by atoms with Crippen LogP contribution in [0, 0.1) is 0 Å². The molecule has 0 fully saturated rings. The van der Waals surface area contributed by atoms with Crippen LogP contribution in [0.1, 0.15) is 17.5 Å². The van der Waals surface area contributed by atoms with Crippen molar-refractivity contribution in [2.24, 2.45) is 4.99 Å². The molecule has 0 aliphatic heterocycles. The molecule has 0 aliphatic rings. The van der Waals surface area contributed by atoms with Crippen LogP contribution >= 0.6 is 0 Å². The lowest BCUT2D eigenvalue weighted by atomic mass is 10.1. The second-order valence-electron chi connectivity index (χ2n) is 4.89. The van der Waals surface area contributed by atoms with Gasteiger partial charge in [-0.15, -0.1) is 0 Å². The van der Waals surface area contributed by atoms with Gasteiger partial charge in [0.25, 0.3) is 0 Å². The number of nitrogens with one attached hydrogen (secondary N) is 1. The summed E-state index contributed by atoms with van der Waals surface area (Å²) in [5.74, 6) is 0.231. The van der Waals surface area contributed by atoms with E-state index in [1.807, 2.05) is 0 Å². The first kappa shape index (κ1) is 19.1. The molecule has 0 bridgehead atoms. The fraction of sp³-hybridized carbons (Fsp3) is 0.500. The molecule has 0 radical (unpaired) electrons. The first-order valence-corrected chi connectivity index (χ1v) is 6.67. The lowest BCUT2D eigenvalue weighted by molar-refractivity contribution is -0.137. The third kappa shape index (κ3) is 6.79. The molecule has 0 aliphatic carbocycles. The van der Waals surface area contributed by atoms with Gasteiger partial charge in [-0.3, -0.25) is 4.99 Å². The predicted molar refractivity (Wildman–Crippen MR) is 74.9 cm³/mol. The summed E-state index contributed by atoms with van der Waals surface area (Å²) in [4.78, 5) is 5.37. The van der Waals surface area contributed by atoms with Crippen LogP contribution in [0.4, 0.5) is 26.3 Å². The maximum atomic E-state index is 12.5. The zero-order chi connectivity index (χ0) is 17.7. The molecule has 1 N–H and O–H groups in total. The number of halogens is 6. The van der Waals surface area contributed by atoms with Gasteiger partial charge >= 0.3 is 12.4 Å². The molecular weight excluding hydrogens is 324 g/mol. The quantitative estimate of drug-likeness (QED) is 0.514. The normalized spacial score (nSPS) is 13.1. The number of rotatable bonds is 4. The van der Waals surface area contributed by atoms with Crippen molar-refractivity contribution < 1.29 is 26.3 Å². The van der Waals surface area contributed by atoms with Gasteiger partial charge < -0.3 is 10.2 Å². The molecule has 0 spiro atoms. The van der Waals surface area contributed by atoms with Crippen LogP contribution in [0.5, 0.6) is 0 Å². The number of aliphatic imine (C=N–C) groups is 1. The minimum absolute atomic E-state index is 0.212. The minimum Gasteiger partial charge on any atom is -0.356 e. The van der Waals surface area contributed by atoms with Gasteiger partial charge in [-0.2, -0.15) is 26.3 Å². The van der Waals surface area contributed by atoms with Gasteiger partial charge in [-0.05, 0) is 17.7 Å². The summed E-state index contributed by atoms with van der Waals surface area (Å²) in [6.07, 6.45) is -9.67. The zero-order valence-corrected chi connectivity index (χ0v) is 12.6. The van der Waals surface area contributed by atoms with E-state index in [2.05, 4.69) is 10.3 Å². The number of benzene rings is 1. The highest BCUT2D eigenvalue weighted by Gasteiger charge is 2.30. The van der Waals surface area contributed by atoms with Gasteiger partial charge in [0.1, 0.15) is 0 Å². The van der Waals surface area contributed by atoms with E-state index >= 15 is 0 Å². The van der Waals surface area contributed by atoms with E-state index in [0.717, 1.165) is 12.1 Å². The average molecular weight is 341 g/mol. The first-order valence-electron chi connectivity index (χ1n) is 6.67. The van der Waals surface area contributed by atoms with Crippen molar-refractivity contribution in [3.63, 3.8) is 0 Å². The monoisotopic (exact) mass is 341 g/mol. The third-order valence-electron chi connectivity index (χ3n) is 2.97. The van der Waals surface area contributed by atoms with Gasteiger partial charge in [0, 0.05) is 27.2 Å². The van der Waals surface area contributed by atoms with Crippen LogP contribution in [0.15, 0.2) is 29.3 Å². The van der Waals surface area contributed by atoms with Crippen molar-refractivity contribution in [3.05, 3.63) is 35.4 Å². The Hall–Kier alpha value is -1.93. The van der Waals surface area contributed by atoms with Crippen molar-refractivity contribution in [1.82, 2.24) is 10.2 Å². The molecule has 0 aromatic heterocycles. The van der Waals surface area contributed by atoms with Crippen LogP contribution < -0.4 is 5.32 Å². The van der Waals surface area contributed by atoms with Gasteiger partial charge in [0.2, 0.25) is 0 Å². The molecule has 9 heteroatoms. The van der Waals surface area contributed by atoms with Crippen LogP contribution in [0.2, 0.25) is 0 Å². The summed E-state index contributed by atoms with van der Waals surface area (Å²) in [6, 6.07) is 4.57. The Labute approximate surface area is 130 Å². The average Bonchev–Trinajstić information content (AvgIpc) is 2.42. The SMILES string of the molecule is CN=C(NCCC(F)(F)F)N(C)Cc1ccc(C(F)(F)F)cc1. The molecule has 130 valence electrons. The molecule has 0 unspecified atom stereocenters. The van der Waals surface area contributed by atoms with Gasteiger partial charge in [-0.1, -0.05) is 12.1 Å². The van der Waals surface area contributed by atoms with Crippen LogP contribution in [-0.2, 0) is 12.7 Å². The second kappa shape index (κ2) is 7.56. The van der Waals surface area contributed by atoms with E-state index in [0.29, 0.717) is 5.56 Å². The molecule has 0 saturated heterocycles. The number of hydrogen-bond donors (Lipinski definition) is 1. The highest BCUT2D eigenvalue weighted by Crippen LogP contribution is 2.29. The standard InChI is InChI=1S/C14H17F6N3/c1-21-12(22-8-7-13(15,16)17)23(2)9-10-3-5-11(6-4-10)14(18,19)20/h3-6H,7-9H2,1-2H3,(H,21,22). The Balaban J connectivity index is 2.61. The van der Waals surface area contributed by atoms with E-state index in [4.69, 9.17) is 0 Å². The highest BCUT2D eigenvalue weighted by molar-refractivity contribution is 5.79. The van der Waals surface area contributed by atoms with E-state index < -0.39 is 24.3 Å². The number of alkyl halides is 6. The minimum atomic E-state index is -4.40. The molecule has 0 atom stereocenters. The van der Waals surface area contributed by atoms with E-state index in [1.165, 1.54) is 24.1 Å². The number of hydrogen-bond acceptors (Lipinski definition) is 1. The summed E-state index contributed by atoms with van der Waals surface area (Å²) >= 11 is 0. The topological polar surface area (TPSA) is 27.6 Å². The van der Waals surface area contributed by atoms with Gasteiger partial charge in [0.15, 0.2) is 5.96 Å². The molecule has 0 saturated carbocycles. The fourth-order valence-corrected chi connectivity index (χ4v) is 1.85. The lowest BCUT2D eigenvalue weighted by Gasteiger charge is -2.22. The molecule has 3 nitrogen and oxygen atoms in total. The van der Waals surface area contributed by atoms with Gasteiger partial charge in [-0.25, -0.2) is 0 Å². The maximum Gasteiger partial charge on any atom is 0.416 e.